The summed E-state index contributed by atoms with van der Waals surface area (Å²) in [5.74, 6) is -0.0234. The fourth-order valence-electron chi connectivity index (χ4n) is 2.84. The molecule has 1 aromatic heterocycles. The third-order valence-corrected chi connectivity index (χ3v) is 5.41. The number of carbonyl (C=O) groups is 1. The molecule has 5 nitrogen and oxygen atoms in total. The van der Waals surface area contributed by atoms with Crippen molar-refractivity contribution in [3.8, 4) is 0 Å². The first-order valence-corrected chi connectivity index (χ1v) is 10.2. The van der Waals surface area contributed by atoms with E-state index in [2.05, 4.69) is 16.9 Å². The van der Waals surface area contributed by atoms with Crippen LogP contribution in [0.25, 0.3) is 10.9 Å². The van der Waals surface area contributed by atoms with E-state index in [9.17, 15) is 9.59 Å². The Morgan fingerprint density at radius 3 is 2.86 bits per heavy atom. The lowest BCUT2D eigenvalue weighted by Crippen LogP contribution is -2.24. The van der Waals surface area contributed by atoms with Crippen molar-refractivity contribution in [1.29, 1.82) is 0 Å². The Hall–Kier alpha value is -2.57. The van der Waals surface area contributed by atoms with E-state index in [-0.39, 0.29) is 17.2 Å². The van der Waals surface area contributed by atoms with Crippen LogP contribution in [0.15, 0.2) is 65.1 Å². The lowest BCUT2D eigenvalue weighted by atomic mass is 10.1. The van der Waals surface area contributed by atoms with Crippen molar-refractivity contribution in [2.24, 2.45) is 0 Å². The molecule has 1 heterocycles. The predicted molar refractivity (Wildman–Crippen MR) is 116 cm³/mol. The van der Waals surface area contributed by atoms with E-state index < -0.39 is 0 Å². The van der Waals surface area contributed by atoms with Gasteiger partial charge in [0.1, 0.15) is 0 Å². The van der Waals surface area contributed by atoms with Gasteiger partial charge >= 0.3 is 0 Å². The molecule has 0 radical (unpaired) electrons. The molecule has 28 heavy (non-hydrogen) atoms. The highest BCUT2D eigenvalue weighted by Crippen LogP contribution is 2.21. The number of amides is 1. The van der Waals surface area contributed by atoms with Crippen molar-refractivity contribution in [1.82, 2.24) is 9.55 Å². The zero-order chi connectivity index (χ0) is 20.1. The normalized spacial score (nSPS) is 10.8. The zero-order valence-electron chi connectivity index (χ0n) is 15.4. The van der Waals surface area contributed by atoms with Crippen molar-refractivity contribution in [3.63, 3.8) is 0 Å². The molecule has 0 saturated carbocycles. The molecule has 0 unspecified atom stereocenters. The van der Waals surface area contributed by atoms with Crippen LogP contribution in [-0.4, -0.2) is 21.2 Å². The Bertz CT molecular complexity index is 1090. The predicted octanol–water partition coefficient (Wildman–Crippen LogP) is 4.53. The summed E-state index contributed by atoms with van der Waals surface area (Å²) in [7, 11) is 0. The van der Waals surface area contributed by atoms with Crippen molar-refractivity contribution in [3.05, 3.63) is 76.1 Å². The molecule has 1 N–H and O–H groups in total. The summed E-state index contributed by atoms with van der Waals surface area (Å²) >= 11 is 7.25. The van der Waals surface area contributed by atoms with Crippen molar-refractivity contribution < 1.29 is 4.79 Å². The van der Waals surface area contributed by atoms with Gasteiger partial charge in [0.05, 0.1) is 16.7 Å². The molecule has 7 heteroatoms. The SMILES string of the molecule is C=CCn1c(SCC(=O)Nc2ccccc2CC)nc2cc(Cl)ccc2c1=O. The van der Waals surface area contributed by atoms with Crippen LogP contribution in [-0.2, 0) is 17.8 Å². The molecule has 3 rings (SSSR count). The van der Waals surface area contributed by atoms with Crippen LogP contribution in [0.4, 0.5) is 5.69 Å². The van der Waals surface area contributed by atoms with Crippen LogP contribution in [0, 0.1) is 0 Å². The molecule has 0 atom stereocenters. The fraction of sp³-hybridized carbons (Fsp3) is 0.190. The number of aryl methyl sites for hydroxylation is 1. The molecule has 144 valence electrons. The van der Waals surface area contributed by atoms with E-state index in [0.717, 1.165) is 17.7 Å². The van der Waals surface area contributed by atoms with Gasteiger partial charge in [-0.1, -0.05) is 54.6 Å². The lowest BCUT2D eigenvalue weighted by Gasteiger charge is -2.12. The second-order valence-electron chi connectivity index (χ2n) is 6.11. The summed E-state index contributed by atoms with van der Waals surface area (Å²) in [6, 6.07) is 12.7. The topological polar surface area (TPSA) is 64.0 Å². The molecule has 0 spiro atoms. The smallest absolute Gasteiger partial charge is 0.262 e. The van der Waals surface area contributed by atoms with Crippen molar-refractivity contribution >= 4 is 45.9 Å². The number of nitrogens with zero attached hydrogens (tertiary/aromatic N) is 2. The van der Waals surface area contributed by atoms with Gasteiger partial charge in [0.15, 0.2) is 5.16 Å². The maximum absolute atomic E-state index is 12.8. The molecule has 2 aromatic carbocycles. The minimum atomic E-state index is -0.180. The summed E-state index contributed by atoms with van der Waals surface area (Å²) in [5.41, 5.74) is 2.21. The summed E-state index contributed by atoms with van der Waals surface area (Å²) in [6.07, 6.45) is 2.46. The second-order valence-corrected chi connectivity index (χ2v) is 7.49. The largest absolute Gasteiger partial charge is 0.325 e. The number of fused-ring (bicyclic) bond motifs is 1. The Kier molecular flexibility index (Phi) is 6.54. The molecule has 0 aliphatic rings. The fourth-order valence-corrected chi connectivity index (χ4v) is 3.82. The van der Waals surface area contributed by atoms with Gasteiger partial charge in [0.25, 0.3) is 5.56 Å². The second kappa shape index (κ2) is 9.08. The number of hydrogen-bond acceptors (Lipinski definition) is 4. The van der Waals surface area contributed by atoms with Crippen LogP contribution >= 0.6 is 23.4 Å². The molecule has 0 bridgehead atoms. The highest BCUT2D eigenvalue weighted by molar-refractivity contribution is 7.99. The number of benzene rings is 2. The molecular formula is C21H20ClN3O2S. The summed E-state index contributed by atoms with van der Waals surface area (Å²) in [5, 5.41) is 4.37. The maximum atomic E-state index is 12.8. The number of rotatable bonds is 7. The van der Waals surface area contributed by atoms with Gasteiger partial charge in [-0.25, -0.2) is 4.98 Å². The quantitative estimate of drug-likeness (QED) is 0.351. The van der Waals surface area contributed by atoms with E-state index in [4.69, 9.17) is 11.6 Å². The van der Waals surface area contributed by atoms with E-state index in [1.165, 1.54) is 16.3 Å². The average Bonchev–Trinajstić information content (AvgIpc) is 2.69. The number of carbonyl (C=O) groups excluding carboxylic acids is 1. The van der Waals surface area contributed by atoms with Gasteiger partial charge < -0.3 is 5.32 Å². The molecule has 1 amide bonds. The van der Waals surface area contributed by atoms with Crippen LogP contribution < -0.4 is 10.9 Å². The summed E-state index contributed by atoms with van der Waals surface area (Å²) in [6.45, 7) is 6.06. The van der Waals surface area contributed by atoms with E-state index in [1.54, 1.807) is 24.3 Å². The molecule has 3 aromatic rings. The third kappa shape index (κ3) is 4.46. The van der Waals surface area contributed by atoms with Crippen LogP contribution in [0.3, 0.4) is 0 Å². The van der Waals surface area contributed by atoms with Crippen molar-refractivity contribution in [2.45, 2.75) is 25.0 Å². The van der Waals surface area contributed by atoms with Gasteiger partial charge in [-0.05, 0) is 36.2 Å². The molecular weight excluding hydrogens is 394 g/mol. The summed E-state index contributed by atoms with van der Waals surface area (Å²) in [4.78, 5) is 29.8. The van der Waals surface area contributed by atoms with Gasteiger partial charge in [-0.2, -0.15) is 0 Å². The number of nitrogens with one attached hydrogen (secondary N) is 1. The lowest BCUT2D eigenvalue weighted by molar-refractivity contribution is -0.113. The molecule has 0 aliphatic carbocycles. The van der Waals surface area contributed by atoms with Crippen LogP contribution in [0.1, 0.15) is 12.5 Å². The standard InChI is InChI=1S/C21H20ClN3O2S/c1-3-11-25-20(27)16-10-9-15(22)12-18(16)24-21(25)28-13-19(26)23-17-8-6-5-7-14(17)4-2/h3,5-10,12H,1,4,11,13H2,2H3,(H,23,26). The highest BCUT2D eigenvalue weighted by atomic mass is 35.5. The number of para-hydroxylation sites is 1. The third-order valence-electron chi connectivity index (χ3n) is 4.20. The Morgan fingerprint density at radius 2 is 2.11 bits per heavy atom. The molecule has 0 fully saturated rings. The molecule has 0 saturated heterocycles. The van der Waals surface area contributed by atoms with Gasteiger partial charge in [-0.3, -0.25) is 14.2 Å². The number of hydrogen-bond donors (Lipinski definition) is 1. The number of allylic oxidation sites excluding steroid dienone is 1. The minimum Gasteiger partial charge on any atom is -0.325 e. The number of anilines is 1. The summed E-state index contributed by atoms with van der Waals surface area (Å²) < 4.78 is 1.52. The van der Waals surface area contributed by atoms with E-state index in [1.807, 2.05) is 31.2 Å². The highest BCUT2D eigenvalue weighted by Gasteiger charge is 2.13. The van der Waals surface area contributed by atoms with Crippen LogP contribution in [0.5, 0.6) is 0 Å². The zero-order valence-corrected chi connectivity index (χ0v) is 17.0. The van der Waals surface area contributed by atoms with Crippen molar-refractivity contribution in [2.75, 3.05) is 11.1 Å². The number of halogens is 1. The van der Waals surface area contributed by atoms with E-state index in [0.29, 0.717) is 27.6 Å². The molecule has 0 aliphatic heterocycles. The Balaban J connectivity index is 1.84. The number of aromatic nitrogens is 2. The Labute approximate surface area is 172 Å². The Morgan fingerprint density at radius 1 is 1.32 bits per heavy atom. The first-order valence-electron chi connectivity index (χ1n) is 8.85. The number of thioether (sulfide) groups is 1. The maximum Gasteiger partial charge on any atom is 0.262 e. The monoisotopic (exact) mass is 413 g/mol. The first-order chi connectivity index (χ1) is 13.5. The first kappa shape index (κ1) is 20.2. The van der Waals surface area contributed by atoms with Gasteiger partial charge in [0, 0.05) is 17.3 Å². The van der Waals surface area contributed by atoms with Crippen LogP contribution in [0.2, 0.25) is 5.02 Å². The van der Waals surface area contributed by atoms with Gasteiger partial charge in [-0.15, -0.1) is 6.58 Å². The minimum absolute atomic E-state index is 0.133. The average molecular weight is 414 g/mol. The van der Waals surface area contributed by atoms with Gasteiger partial charge in [0.2, 0.25) is 5.91 Å². The van der Waals surface area contributed by atoms with E-state index >= 15 is 0 Å².